The van der Waals surface area contributed by atoms with Crippen LogP contribution in [0.3, 0.4) is 0 Å². The molecule has 3 nitrogen and oxygen atoms in total. The number of anilines is 2. The van der Waals surface area contributed by atoms with Crippen molar-refractivity contribution in [3.63, 3.8) is 0 Å². The number of pyridine rings is 1. The first-order valence-electron chi connectivity index (χ1n) is 5.32. The van der Waals surface area contributed by atoms with Crippen molar-refractivity contribution in [2.24, 2.45) is 0 Å². The molecule has 1 aromatic rings. The summed E-state index contributed by atoms with van der Waals surface area (Å²) in [6.45, 7) is 4.40. The van der Waals surface area contributed by atoms with Gasteiger partial charge in [0.25, 0.3) is 0 Å². The van der Waals surface area contributed by atoms with Crippen LogP contribution in [0.2, 0.25) is 0 Å². The summed E-state index contributed by atoms with van der Waals surface area (Å²) < 4.78 is 0. The highest BCUT2D eigenvalue weighted by atomic mass is 15.3. The summed E-state index contributed by atoms with van der Waals surface area (Å²) in [5.74, 6) is 1.17. The second-order valence-electron chi connectivity index (χ2n) is 4.20. The van der Waals surface area contributed by atoms with Gasteiger partial charge in [-0.25, -0.2) is 4.98 Å². The third-order valence-corrected chi connectivity index (χ3v) is 3.30. The van der Waals surface area contributed by atoms with Crippen LogP contribution in [0.5, 0.6) is 0 Å². The van der Waals surface area contributed by atoms with Crippen LogP contribution in [0.15, 0.2) is 12.3 Å². The second-order valence-corrected chi connectivity index (χ2v) is 4.20. The first-order chi connectivity index (χ1) is 6.86. The molecule has 1 atom stereocenters. The monoisotopic (exact) mass is 189 g/mol. The first kappa shape index (κ1) is 8.09. The molecule has 1 fully saturated rings. The highest BCUT2D eigenvalue weighted by Crippen LogP contribution is 2.35. The number of nitrogens with zero attached hydrogens (tertiary/aromatic N) is 2. The van der Waals surface area contributed by atoms with Crippen molar-refractivity contribution < 1.29 is 0 Å². The van der Waals surface area contributed by atoms with Crippen LogP contribution in [0, 0.1) is 6.92 Å². The first-order valence-corrected chi connectivity index (χ1v) is 5.32. The number of aryl methyl sites for hydroxylation is 1. The Hall–Kier alpha value is -1.25. The summed E-state index contributed by atoms with van der Waals surface area (Å²) in [6.07, 6.45) is 4.53. The van der Waals surface area contributed by atoms with Crippen LogP contribution in [-0.2, 0) is 0 Å². The fourth-order valence-corrected chi connectivity index (χ4v) is 2.53. The fourth-order valence-electron chi connectivity index (χ4n) is 2.53. The van der Waals surface area contributed by atoms with E-state index in [1.807, 2.05) is 6.20 Å². The predicted octanol–water partition coefficient (Wildman–Crippen LogP) is 1.78. The van der Waals surface area contributed by atoms with E-state index >= 15 is 0 Å². The fraction of sp³-hybridized carbons (Fsp3) is 0.545. The Bertz CT molecular complexity index is 362. The highest BCUT2D eigenvalue weighted by molar-refractivity contribution is 5.72. The van der Waals surface area contributed by atoms with E-state index in [1.54, 1.807) is 0 Å². The summed E-state index contributed by atoms with van der Waals surface area (Å²) in [4.78, 5) is 6.94. The molecule has 1 saturated heterocycles. The zero-order valence-corrected chi connectivity index (χ0v) is 8.45. The Morgan fingerprint density at radius 3 is 3.43 bits per heavy atom. The Morgan fingerprint density at radius 2 is 2.50 bits per heavy atom. The van der Waals surface area contributed by atoms with Crippen LogP contribution in [-0.4, -0.2) is 24.1 Å². The van der Waals surface area contributed by atoms with E-state index in [4.69, 9.17) is 0 Å². The van der Waals surface area contributed by atoms with Crippen LogP contribution >= 0.6 is 0 Å². The molecule has 1 unspecified atom stereocenters. The minimum Gasteiger partial charge on any atom is -0.380 e. The summed E-state index contributed by atoms with van der Waals surface area (Å²) in [7, 11) is 0. The van der Waals surface area contributed by atoms with Crippen molar-refractivity contribution in [2.75, 3.05) is 23.3 Å². The molecule has 1 aromatic heterocycles. The summed E-state index contributed by atoms with van der Waals surface area (Å²) in [5.41, 5.74) is 2.55. The lowest BCUT2D eigenvalue weighted by Crippen LogP contribution is -2.40. The van der Waals surface area contributed by atoms with E-state index in [0.29, 0.717) is 6.04 Å². The van der Waals surface area contributed by atoms with E-state index in [2.05, 4.69) is 28.2 Å². The van der Waals surface area contributed by atoms with E-state index in [-0.39, 0.29) is 0 Å². The molecule has 1 N–H and O–H groups in total. The number of fused-ring (bicyclic) bond motifs is 3. The Kier molecular flexibility index (Phi) is 1.66. The van der Waals surface area contributed by atoms with Gasteiger partial charge in [-0.1, -0.05) is 0 Å². The number of hydrogen-bond donors (Lipinski definition) is 1. The van der Waals surface area contributed by atoms with Gasteiger partial charge in [0.05, 0.1) is 5.69 Å². The van der Waals surface area contributed by atoms with Crippen LogP contribution in [0.25, 0.3) is 0 Å². The normalized spacial score (nSPS) is 24.1. The number of rotatable bonds is 0. The molecule has 14 heavy (non-hydrogen) atoms. The Morgan fingerprint density at radius 1 is 1.57 bits per heavy atom. The number of hydrogen-bond acceptors (Lipinski definition) is 3. The van der Waals surface area contributed by atoms with Gasteiger partial charge in [0.15, 0.2) is 5.82 Å². The van der Waals surface area contributed by atoms with E-state index in [1.165, 1.54) is 36.5 Å². The predicted molar refractivity (Wildman–Crippen MR) is 57.8 cm³/mol. The van der Waals surface area contributed by atoms with Crippen LogP contribution < -0.4 is 10.2 Å². The van der Waals surface area contributed by atoms with Gasteiger partial charge in [-0.15, -0.1) is 0 Å². The molecule has 0 radical (unpaired) electrons. The van der Waals surface area contributed by atoms with E-state index in [9.17, 15) is 0 Å². The lowest BCUT2D eigenvalue weighted by atomic mass is 10.1. The largest absolute Gasteiger partial charge is 0.380 e. The molecule has 0 saturated carbocycles. The highest BCUT2D eigenvalue weighted by Gasteiger charge is 2.31. The van der Waals surface area contributed by atoms with E-state index in [0.717, 1.165) is 6.54 Å². The third kappa shape index (κ3) is 1.01. The molecule has 3 heterocycles. The van der Waals surface area contributed by atoms with Crippen molar-refractivity contribution in [3.05, 3.63) is 17.8 Å². The molecule has 0 bridgehead atoms. The van der Waals surface area contributed by atoms with Crippen LogP contribution in [0.4, 0.5) is 11.5 Å². The van der Waals surface area contributed by atoms with Gasteiger partial charge in [-0.05, 0) is 31.4 Å². The van der Waals surface area contributed by atoms with Gasteiger partial charge < -0.3 is 10.2 Å². The average Bonchev–Trinajstić information content (AvgIpc) is 2.66. The maximum absolute atomic E-state index is 4.49. The molecule has 0 spiro atoms. The topological polar surface area (TPSA) is 28.2 Å². The summed E-state index contributed by atoms with van der Waals surface area (Å²) in [6, 6.07) is 2.75. The second kappa shape index (κ2) is 2.87. The quantitative estimate of drug-likeness (QED) is 0.674. The van der Waals surface area contributed by atoms with Gasteiger partial charge >= 0.3 is 0 Å². The lowest BCUT2D eigenvalue weighted by Gasteiger charge is -2.33. The third-order valence-electron chi connectivity index (χ3n) is 3.30. The summed E-state index contributed by atoms with van der Waals surface area (Å²) >= 11 is 0. The molecule has 2 aliphatic heterocycles. The average molecular weight is 189 g/mol. The van der Waals surface area contributed by atoms with Crippen molar-refractivity contribution in [3.8, 4) is 0 Å². The smallest absolute Gasteiger partial charge is 0.152 e. The summed E-state index contributed by atoms with van der Waals surface area (Å²) in [5, 5.41) is 3.50. The maximum Gasteiger partial charge on any atom is 0.152 e. The van der Waals surface area contributed by atoms with Crippen LogP contribution in [0.1, 0.15) is 18.4 Å². The SMILES string of the molecule is Cc1ccnc2c1NCC1CCCN21. The molecule has 2 aliphatic rings. The molecular weight excluding hydrogens is 174 g/mol. The van der Waals surface area contributed by atoms with Crippen molar-refractivity contribution in [2.45, 2.75) is 25.8 Å². The molecular formula is C11H15N3. The zero-order chi connectivity index (χ0) is 9.54. The lowest BCUT2D eigenvalue weighted by molar-refractivity contribution is 0.674. The molecule has 0 aliphatic carbocycles. The van der Waals surface area contributed by atoms with Gasteiger partial charge in [0.2, 0.25) is 0 Å². The van der Waals surface area contributed by atoms with Gasteiger partial charge in [-0.2, -0.15) is 0 Å². The molecule has 0 aromatic carbocycles. The van der Waals surface area contributed by atoms with Gasteiger partial charge in [0, 0.05) is 25.3 Å². The minimum atomic E-state index is 0.678. The molecule has 74 valence electrons. The Balaban J connectivity index is 2.09. The minimum absolute atomic E-state index is 0.678. The van der Waals surface area contributed by atoms with Crippen molar-refractivity contribution in [1.82, 2.24) is 4.98 Å². The Labute approximate surface area is 84.1 Å². The maximum atomic E-state index is 4.49. The molecule has 3 rings (SSSR count). The van der Waals surface area contributed by atoms with Gasteiger partial charge in [-0.3, -0.25) is 0 Å². The van der Waals surface area contributed by atoms with E-state index < -0.39 is 0 Å². The van der Waals surface area contributed by atoms with Gasteiger partial charge in [0.1, 0.15) is 0 Å². The zero-order valence-electron chi connectivity index (χ0n) is 8.45. The van der Waals surface area contributed by atoms with Crippen molar-refractivity contribution in [1.29, 1.82) is 0 Å². The number of nitrogens with one attached hydrogen (secondary N) is 1. The standard InChI is InChI=1S/C11H15N3/c1-8-4-5-12-11-10(8)13-7-9-3-2-6-14(9)11/h4-5,9,13H,2-3,6-7H2,1H3. The number of aromatic nitrogens is 1. The van der Waals surface area contributed by atoms with Crippen molar-refractivity contribution >= 4 is 11.5 Å². The molecule has 0 amide bonds. The molecule has 3 heteroatoms.